The van der Waals surface area contributed by atoms with E-state index < -0.39 is 11.7 Å². The molecule has 2 N–H and O–H groups in total. The summed E-state index contributed by atoms with van der Waals surface area (Å²) in [6, 6.07) is 10.8. The van der Waals surface area contributed by atoms with Crippen LogP contribution in [-0.2, 0) is 6.18 Å². The first-order valence-corrected chi connectivity index (χ1v) is 8.36. The van der Waals surface area contributed by atoms with E-state index in [1.54, 1.807) is 35.2 Å². The summed E-state index contributed by atoms with van der Waals surface area (Å²) in [5, 5.41) is -0.335. The average molecular weight is 388 g/mol. The van der Waals surface area contributed by atoms with E-state index in [2.05, 4.69) is 0 Å². The van der Waals surface area contributed by atoms with Crippen LogP contribution < -0.4 is 15.6 Å². The van der Waals surface area contributed by atoms with Gasteiger partial charge in [-0.15, -0.1) is 0 Å². The van der Waals surface area contributed by atoms with E-state index in [1.807, 2.05) is 19.0 Å². The van der Waals surface area contributed by atoms with E-state index in [0.717, 1.165) is 19.0 Å². The van der Waals surface area contributed by atoms with Gasteiger partial charge in [0.05, 0.1) is 16.3 Å². The van der Waals surface area contributed by atoms with Crippen LogP contribution >= 0.6 is 11.6 Å². The van der Waals surface area contributed by atoms with Gasteiger partial charge in [0.15, 0.2) is 5.75 Å². The van der Waals surface area contributed by atoms with Crippen molar-refractivity contribution in [3.63, 3.8) is 0 Å². The molecule has 2 aromatic rings. The number of alkyl halides is 3. The number of nitrogens with two attached hydrogens (primary N) is 1. The molecule has 0 saturated carbocycles. The summed E-state index contributed by atoms with van der Waals surface area (Å²) in [7, 11) is 3.87. The van der Waals surface area contributed by atoms with E-state index >= 15 is 0 Å². The molecule has 8 heteroatoms. The van der Waals surface area contributed by atoms with Crippen molar-refractivity contribution in [3.05, 3.63) is 53.1 Å². The van der Waals surface area contributed by atoms with E-state index in [9.17, 15) is 13.2 Å². The molecule has 0 aliphatic rings. The summed E-state index contributed by atoms with van der Waals surface area (Å²) in [6.07, 6.45) is -3.80. The molecule has 4 nitrogen and oxygen atoms in total. The molecule has 26 heavy (non-hydrogen) atoms. The van der Waals surface area contributed by atoms with Gasteiger partial charge in [-0.3, -0.25) is 0 Å². The molecular weight excluding hydrogens is 367 g/mol. The molecule has 0 spiro atoms. The Labute approximate surface area is 155 Å². The summed E-state index contributed by atoms with van der Waals surface area (Å²) in [6.45, 7) is 1.26. The van der Waals surface area contributed by atoms with Crippen molar-refractivity contribution in [2.45, 2.75) is 12.6 Å². The van der Waals surface area contributed by atoms with Gasteiger partial charge in [-0.2, -0.15) is 19.1 Å². The molecule has 142 valence electrons. The first kappa shape index (κ1) is 20.4. The average Bonchev–Trinajstić information content (AvgIpc) is 2.58. The Morgan fingerprint density at radius 2 is 1.77 bits per heavy atom. The zero-order valence-electron chi connectivity index (χ0n) is 14.6. The van der Waals surface area contributed by atoms with Crippen LogP contribution in [0.15, 0.2) is 42.5 Å². The first-order valence-electron chi connectivity index (χ1n) is 7.99. The lowest BCUT2D eigenvalue weighted by molar-refractivity contribution is -0.137. The SMILES string of the molecule is CN(C)CCCN(c1ccc(Cl)c(C(F)(F)F)c1)c1ccccc1ON. The zero-order valence-corrected chi connectivity index (χ0v) is 15.3. The molecule has 0 aliphatic heterocycles. The minimum Gasteiger partial charge on any atom is -0.409 e. The molecule has 0 amide bonds. The maximum absolute atomic E-state index is 13.2. The molecule has 0 saturated heterocycles. The molecule has 0 aliphatic carbocycles. The second-order valence-corrected chi connectivity index (χ2v) is 6.46. The fraction of sp³-hybridized carbons (Fsp3) is 0.333. The van der Waals surface area contributed by atoms with Crippen LogP contribution in [-0.4, -0.2) is 32.1 Å². The Balaban J connectivity index is 2.47. The third-order valence-electron chi connectivity index (χ3n) is 3.84. The molecule has 0 radical (unpaired) electrons. The standard InChI is InChI=1S/C18H21ClF3N3O/c1-24(2)10-5-11-25(16-6-3-4-7-17(16)26-23)13-8-9-15(19)14(12-13)18(20,21)22/h3-4,6-9,12H,5,10-11,23H2,1-2H3. The summed E-state index contributed by atoms with van der Waals surface area (Å²) < 4.78 is 39.7. The van der Waals surface area contributed by atoms with Crippen molar-refractivity contribution >= 4 is 23.0 Å². The van der Waals surface area contributed by atoms with Gasteiger partial charge in [-0.1, -0.05) is 23.7 Å². The Hall–Kier alpha value is -1.96. The van der Waals surface area contributed by atoms with Crippen LogP contribution in [0.5, 0.6) is 5.75 Å². The second kappa shape index (κ2) is 8.62. The van der Waals surface area contributed by atoms with Crippen molar-refractivity contribution in [2.75, 3.05) is 32.1 Å². The third kappa shape index (κ3) is 5.03. The Bertz CT molecular complexity index is 738. The predicted octanol–water partition coefficient (Wildman–Crippen LogP) is 4.70. The fourth-order valence-corrected chi connectivity index (χ4v) is 2.84. The molecule has 0 aromatic heterocycles. The van der Waals surface area contributed by atoms with E-state index in [1.165, 1.54) is 6.07 Å². The highest BCUT2D eigenvalue weighted by Gasteiger charge is 2.34. The quantitative estimate of drug-likeness (QED) is 0.699. The van der Waals surface area contributed by atoms with Gasteiger partial charge >= 0.3 is 6.18 Å². The molecule has 2 aromatic carbocycles. The maximum Gasteiger partial charge on any atom is 0.417 e. The Kier molecular flexibility index (Phi) is 6.75. The molecule has 0 fully saturated rings. The van der Waals surface area contributed by atoms with Crippen LogP contribution in [0.1, 0.15) is 12.0 Å². The Morgan fingerprint density at radius 3 is 2.38 bits per heavy atom. The highest BCUT2D eigenvalue weighted by molar-refractivity contribution is 6.31. The summed E-state index contributed by atoms with van der Waals surface area (Å²) in [5.74, 6) is 5.71. The van der Waals surface area contributed by atoms with Crippen LogP contribution in [0.25, 0.3) is 0 Å². The minimum absolute atomic E-state index is 0.335. The number of rotatable bonds is 7. The molecule has 2 rings (SSSR count). The van der Waals surface area contributed by atoms with Crippen molar-refractivity contribution in [1.29, 1.82) is 0 Å². The first-order chi connectivity index (χ1) is 12.2. The predicted molar refractivity (Wildman–Crippen MR) is 97.9 cm³/mol. The number of para-hydroxylation sites is 2. The monoisotopic (exact) mass is 387 g/mol. The number of halogens is 4. The van der Waals surface area contributed by atoms with E-state index in [4.69, 9.17) is 22.3 Å². The second-order valence-electron chi connectivity index (χ2n) is 6.06. The molecule has 0 bridgehead atoms. The number of hydrogen-bond acceptors (Lipinski definition) is 4. The van der Waals surface area contributed by atoms with Gasteiger partial charge in [0, 0.05) is 12.2 Å². The maximum atomic E-state index is 13.2. The van der Waals surface area contributed by atoms with Crippen LogP contribution in [0.4, 0.5) is 24.5 Å². The number of hydrogen-bond donors (Lipinski definition) is 1. The lowest BCUT2D eigenvalue weighted by Gasteiger charge is -2.28. The van der Waals surface area contributed by atoms with E-state index in [0.29, 0.717) is 23.7 Å². The van der Waals surface area contributed by atoms with Crippen LogP contribution in [0.2, 0.25) is 5.02 Å². The van der Waals surface area contributed by atoms with Gasteiger partial charge in [0.25, 0.3) is 0 Å². The number of benzene rings is 2. The van der Waals surface area contributed by atoms with Gasteiger partial charge < -0.3 is 14.6 Å². The van der Waals surface area contributed by atoms with E-state index in [-0.39, 0.29) is 5.02 Å². The number of nitrogens with zero attached hydrogens (tertiary/aromatic N) is 2. The van der Waals surface area contributed by atoms with Gasteiger partial charge in [-0.25, -0.2) is 0 Å². The molecular formula is C18H21ClF3N3O. The third-order valence-corrected chi connectivity index (χ3v) is 4.17. The Morgan fingerprint density at radius 1 is 1.08 bits per heavy atom. The fourth-order valence-electron chi connectivity index (χ4n) is 2.61. The van der Waals surface area contributed by atoms with Crippen LogP contribution in [0.3, 0.4) is 0 Å². The van der Waals surface area contributed by atoms with Crippen LogP contribution in [0, 0.1) is 0 Å². The van der Waals surface area contributed by atoms with Crippen molar-refractivity contribution in [3.8, 4) is 5.75 Å². The van der Waals surface area contributed by atoms with Gasteiger partial charge in [0.2, 0.25) is 0 Å². The minimum atomic E-state index is -4.54. The molecule has 0 unspecified atom stereocenters. The molecule has 0 atom stereocenters. The topological polar surface area (TPSA) is 41.7 Å². The lowest BCUT2D eigenvalue weighted by Crippen LogP contribution is -2.24. The largest absolute Gasteiger partial charge is 0.417 e. The van der Waals surface area contributed by atoms with Gasteiger partial charge in [0.1, 0.15) is 0 Å². The summed E-state index contributed by atoms with van der Waals surface area (Å²) in [4.78, 5) is 8.65. The zero-order chi connectivity index (χ0) is 19.3. The van der Waals surface area contributed by atoms with Crippen molar-refractivity contribution < 1.29 is 18.0 Å². The van der Waals surface area contributed by atoms with Crippen molar-refractivity contribution in [2.24, 2.45) is 5.90 Å². The van der Waals surface area contributed by atoms with Gasteiger partial charge in [-0.05, 0) is 57.4 Å². The normalized spacial score (nSPS) is 11.7. The lowest BCUT2D eigenvalue weighted by atomic mass is 10.1. The highest BCUT2D eigenvalue weighted by atomic mass is 35.5. The highest BCUT2D eigenvalue weighted by Crippen LogP contribution is 2.40. The number of anilines is 2. The summed E-state index contributed by atoms with van der Waals surface area (Å²) in [5.41, 5.74) is 0.0783. The molecule has 0 heterocycles. The van der Waals surface area contributed by atoms with Crippen molar-refractivity contribution in [1.82, 2.24) is 4.90 Å². The smallest absolute Gasteiger partial charge is 0.409 e. The summed E-state index contributed by atoms with van der Waals surface area (Å²) >= 11 is 5.75.